The van der Waals surface area contributed by atoms with E-state index in [0.717, 1.165) is 28.5 Å². The van der Waals surface area contributed by atoms with E-state index >= 15 is 0 Å². The maximum Gasteiger partial charge on any atom is 0.201 e. The SMILES string of the molecule is Nc1nc2cc(Br)ccc2n1CCc1ccccc1. The summed E-state index contributed by atoms with van der Waals surface area (Å²) in [6, 6.07) is 16.5. The molecule has 0 spiro atoms. The molecule has 0 atom stereocenters. The van der Waals surface area contributed by atoms with Gasteiger partial charge in [0, 0.05) is 11.0 Å². The van der Waals surface area contributed by atoms with Crippen molar-refractivity contribution in [2.24, 2.45) is 0 Å². The largest absolute Gasteiger partial charge is 0.369 e. The Morgan fingerprint density at radius 3 is 2.68 bits per heavy atom. The zero-order valence-corrected chi connectivity index (χ0v) is 12.0. The average molecular weight is 316 g/mol. The molecule has 3 aromatic rings. The highest BCUT2D eigenvalue weighted by Crippen LogP contribution is 2.22. The summed E-state index contributed by atoms with van der Waals surface area (Å²) in [6.07, 6.45) is 0.951. The summed E-state index contributed by atoms with van der Waals surface area (Å²) in [5, 5.41) is 0. The van der Waals surface area contributed by atoms with Gasteiger partial charge in [0.1, 0.15) is 0 Å². The predicted molar refractivity (Wildman–Crippen MR) is 82.0 cm³/mol. The number of hydrogen-bond acceptors (Lipinski definition) is 2. The number of aromatic nitrogens is 2. The van der Waals surface area contributed by atoms with E-state index in [1.54, 1.807) is 0 Å². The molecule has 0 aliphatic heterocycles. The van der Waals surface area contributed by atoms with Gasteiger partial charge in [0.05, 0.1) is 11.0 Å². The van der Waals surface area contributed by atoms with Gasteiger partial charge < -0.3 is 10.3 Å². The van der Waals surface area contributed by atoms with Crippen LogP contribution in [0, 0.1) is 0 Å². The maximum atomic E-state index is 6.00. The summed E-state index contributed by atoms with van der Waals surface area (Å²) in [7, 11) is 0. The molecule has 0 aliphatic rings. The molecular formula is C15H14BrN3. The monoisotopic (exact) mass is 315 g/mol. The fraction of sp³-hybridized carbons (Fsp3) is 0.133. The second kappa shape index (κ2) is 5.05. The Labute approximate surface area is 120 Å². The molecule has 0 saturated carbocycles. The normalized spacial score (nSPS) is 11.0. The van der Waals surface area contributed by atoms with E-state index in [2.05, 4.69) is 49.7 Å². The fourth-order valence-electron chi connectivity index (χ4n) is 2.24. The first kappa shape index (κ1) is 12.2. The lowest BCUT2D eigenvalue weighted by Crippen LogP contribution is -2.05. The Hall–Kier alpha value is -1.81. The number of rotatable bonds is 3. The van der Waals surface area contributed by atoms with Crippen molar-refractivity contribution in [3.63, 3.8) is 0 Å². The van der Waals surface area contributed by atoms with E-state index in [-0.39, 0.29) is 0 Å². The quantitative estimate of drug-likeness (QED) is 0.802. The van der Waals surface area contributed by atoms with Crippen LogP contribution in [0.3, 0.4) is 0 Å². The molecule has 3 nitrogen and oxygen atoms in total. The number of benzene rings is 2. The van der Waals surface area contributed by atoms with Gasteiger partial charge in [-0.3, -0.25) is 0 Å². The highest BCUT2D eigenvalue weighted by Gasteiger charge is 2.08. The van der Waals surface area contributed by atoms with Crippen molar-refractivity contribution in [2.45, 2.75) is 13.0 Å². The minimum Gasteiger partial charge on any atom is -0.369 e. The Balaban J connectivity index is 1.90. The number of halogens is 1. The van der Waals surface area contributed by atoms with Crippen molar-refractivity contribution in [1.82, 2.24) is 9.55 Å². The number of imidazole rings is 1. The van der Waals surface area contributed by atoms with Crippen LogP contribution in [-0.4, -0.2) is 9.55 Å². The topological polar surface area (TPSA) is 43.8 Å². The van der Waals surface area contributed by atoms with Gasteiger partial charge in [0.25, 0.3) is 0 Å². The van der Waals surface area contributed by atoms with Crippen molar-refractivity contribution >= 4 is 32.9 Å². The number of nitrogens with zero attached hydrogens (tertiary/aromatic N) is 2. The fourth-order valence-corrected chi connectivity index (χ4v) is 2.59. The minimum absolute atomic E-state index is 0.573. The Morgan fingerprint density at radius 1 is 1.11 bits per heavy atom. The van der Waals surface area contributed by atoms with Crippen LogP contribution in [0.1, 0.15) is 5.56 Å². The van der Waals surface area contributed by atoms with Gasteiger partial charge in [-0.1, -0.05) is 46.3 Å². The van der Waals surface area contributed by atoms with Crippen molar-refractivity contribution in [1.29, 1.82) is 0 Å². The van der Waals surface area contributed by atoms with E-state index in [9.17, 15) is 0 Å². The first-order valence-electron chi connectivity index (χ1n) is 6.19. The first-order valence-corrected chi connectivity index (χ1v) is 6.98. The predicted octanol–water partition coefficient (Wildman–Crippen LogP) is 3.62. The lowest BCUT2D eigenvalue weighted by molar-refractivity contribution is 0.726. The lowest BCUT2D eigenvalue weighted by atomic mass is 10.1. The summed E-state index contributed by atoms with van der Waals surface area (Å²) < 4.78 is 3.09. The maximum absolute atomic E-state index is 6.00. The molecule has 0 aliphatic carbocycles. The van der Waals surface area contributed by atoms with Crippen LogP contribution in [0.5, 0.6) is 0 Å². The average Bonchev–Trinajstić information content (AvgIpc) is 2.72. The molecule has 96 valence electrons. The third-order valence-electron chi connectivity index (χ3n) is 3.21. The van der Waals surface area contributed by atoms with Gasteiger partial charge in [-0.15, -0.1) is 0 Å². The van der Waals surface area contributed by atoms with Gasteiger partial charge in [-0.05, 0) is 30.2 Å². The van der Waals surface area contributed by atoms with E-state index in [0.29, 0.717) is 5.95 Å². The van der Waals surface area contributed by atoms with Crippen molar-refractivity contribution < 1.29 is 0 Å². The molecule has 0 fully saturated rings. The number of aryl methyl sites for hydroxylation is 2. The molecule has 0 unspecified atom stereocenters. The van der Waals surface area contributed by atoms with E-state index in [4.69, 9.17) is 5.73 Å². The molecule has 1 heterocycles. The number of nitrogen functional groups attached to an aromatic ring is 1. The van der Waals surface area contributed by atoms with Crippen LogP contribution in [0.2, 0.25) is 0 Å². The molecule has 0 radical (unpaired) electrons. The van der Waals surface area contributed by atoms with Gasteiger partial charge in [-0.2, -0.15) is 0 Å². The third kappa shape index (κ3) is 2.49. The second-order valence-corrected chi connectivity index (χ2v) is 5.41. The number of hydrogen-bond donors (Lipinski definition) is 1. The standard InChI is InChI=1S/C15H14BrN3/c16-12-6-7-14-13(10-12)18-15(17)19(14)9-8-11-4-2-1-3-5-11/h1-7,10H,8-9H2,(H2,17,18). The van der Waals surface area contributed by atoms with Gasteiger partial charge >= 0.3 is 0 Å². The summed E-state index contributed by atoms with van der Waals surface area (Å²) in [5.41, 5.74) is 9.32. The van der Waals surface area contributed by atoms with Gasteiger partial charge in [-0.25, -0.2) is 4.98 Å². The Kier molecular flexibility index (Phi) is 3.25. The minimum atomic E-state index is 0.573. The number of nitrogens with two attached hydrogens (primary N) is 1. The molecule has 2 N–H and O–H groups in total. The molecule has 1 aromatic heterocycles. The van der Waals surface area contributed by atoms with E-state index in [1.807, 2.05) is 24.3 Å². The molecule has 0 bridgehead atoms. The van der Waals surface area contributed by atoms with Crippen molar-refractivity contribution in [3.05, 3.63) is 58.6 Å². The lowest BCUT2D eigenvalue weighted by Gasteiger charge is -2.06. The van der Waals surface area contributed by atoms with Crippen molar-refractivity contribution in [3.8, 4) is 0 Å². The smallest absolute Gasteiger partial charge is 0.201 e. The van der Waals surface area contributed by atoms with Crippen LogP contribution in [0.15, 0.2) is 53.0 Å². The molecule has 3 rings (SSSR count). The molecule has 0 saturated heterocycles. The second-order valence-electron chi connectivity index (χ2n) is 4.49. The highest BCUT2D eigenvalue weighted by molar-refractivity contribution is 9.10. The Bertz CT molecular complexity index is 704. The van der Waals surface area contributed by atoms with Crippen molar-refractivity contribution in [2.75, 3.05) is 5.73 Å². The first-order chi connectivity index (χ1) is 9.24. The molecule has 2 aromatic carbocycles. The summed E-state index contributed by atoms with van der Waals surface area (Å²) >= 11 is 3.45. The zero-order valence-electron chi connectivity index (χ0n) is 10.4. The van der Waals surface area contributed by atoms with E-state index < -0.39 is 0 Å². The summed E-state index contributed by atoms with van der Waals surface area (Å²) in [4.78, 5) is 4.40. The summed E-state index contributed by atoms with van der Waals surface area (Å²) in [6.45, 7) is 0.841. The van der Waals surface area contributed by atoms with Crippen LogP contribution >= 0.6 is 15.9 Å². The van der Waals surface area contributed by atoms with Crippen LogP contribution in [0.4, 0.5) is 5.95 Å². The highest BCUT2D eigenvalue weighted by atomic mass is 79.9. The van der Waals surface area contributed by atoms with Crippen LogP contribution in [-0.2, 0) is 13.0 Å². The third-order valence-corrected chi connectivity index (χ3v) is 3.70. The Morgan fingerprint density at radius 2 is 1.89 bits per heavy atom. The zero-order chi connectivity index (χ0) is 13.2. The molecule has 19 heavy (non-hydrogen) atoms. The van der Waals surface area contributed by atoms with Crippen LogP contribution < -0.4 is 5.73 Å². The van der Waals surface area contributed by atoms with Gasteiger partial charge in [0.2, 0.25) is 5.95 Å². The molecule has 0 amide bonds. The van der Waals surface area contributed by atoms with Crippen LogP contribution in [0.25, 0.3) is 11.0 Å². The molecule has 4 heteroatoms. The number of fused-ring (bicyclic) bond motifs is 1. The summed E-state index contributed by atoms with van der Waals surface area (Å²) in [5.74, 6) is 0.573. The molecular weight excluding hydrogens is 302 g/mol. The van der Waals surface area contributed by atoms with Gasteiger partial charge in [0.15, 0.2) is 0 Å². The van der Waals surface area contributed by atoms with E-state index in [1.165, 1.54) is 5.56 Å². The number of anilines is 1.